The first-order valence-corrected chi connectivity index (χ1v) is 5.43. The summed E-state index contributed by atoms with van der Waals surface area (Å²) < 4.78 is 0. The van der Waals surface area contributed by atoms with Crippen LogP contribution in [0.25, 0.3) is 0 Å². The molecule has 6 heteroatoms. The third-order valence-electron chi connectivity index (χ3n) is 2.55. The Bertz CT molecular complexity index is 230. The zero-order chi connectivity index (χ0) is 11.1. The predicted octanol–water partition coefficient (Wildman–Crippen LogP) is -0.197. The Balaban J connectivity index is 0.00000225. The van der Waals surface area contributed by atoms with Crippen molar-refractivity contribution in [3.05, 3.63) is 0 Å². The summed E-state index contributed by atoms with van der Waals surface area (Å²) in [6, 6.07) is 0.324. The standard InChI is InChI=1S/C10H19N3O2.ClH/c1-11-9(14)4-6-13-10(15)7-8-3-2-5-12-8;/h8,12H,2-7H2,1H3,(H,11,14)(H,13,15);1H. The molecule has 1 heterocycles. The van der Waals surface area contributed by atoms with E-state index in [1.807, 2.05) is 0 Å². The first-order valence-electron chi connectivity index (χ1n) is 5.43. The fourth-order valence-electron chi connectivity index (χ4n) is 1.67. The molecule has 0 bridgehead atoms. The van der Waals surface area contributed by atoms with E-state index < -0.39 is 0 Å². The number of hydrogen-bond acceptors (Lipinski definition) is 3. The minimum atomic E-state index is -0.0470. The molecule has 16 heavy (non-hydrogen) atoms. The van der Waals surface area contributed by atoms with Crippen molar-refractivity contribution in [1.82, 2.24) is 16.0 Å². The lowest BCUT2D eigenvalue weighted by Crippen LogP contribution is -2.33. The first kappa shape index (κ1) is 15.2. The predicted molar refractivity (Wildman–Crippen MR) is 64.6 cm³/mol. The monoisotopic (exact) mass is 249 g/mol. The van der Waals surface area contributed by atoms with Crippen molar-refractivity contribution in [2.45, 2.75) is 31.7 Å². The van der Waals surface area contributed by atoms with Crippen LogP contribution in [-0.4, -0.2) is 38.0 Å². The number of nitrogens with one attached hydrogen (secondary N) is 3. The molecule has 1 aliphatic heterocycles. The molecule has 94 valence electrons. The Morgan fingerprint density at radius 1 is 1.38 bits per heavy atom. The number of halogens is 1. The van der Waals surface area contributed by atoms with Crippen LogP contribution in [0.4, 0.5) is 0 Å². The molecule has 1 saturated heterocycles. The fourth-order valence-corrected chi connectivity index (χ4v) is 1.67. The van der Waals surface area contributed by atoms with Gasteiger partial charge in [-0.05, 0) is 19.4 Å². The molecular formula is C10H20ClN3O2. The summed E-state index contributed by atoms with van der Waals surface area (Å²) in [6.45, 7) is 1.43. The summed E-state index contributed by atoms with van der Waals surface area (Å²) in [5, 5.41) is 8.50. The average Bonchev–Trinajstić information content (AvgIpc) is 2.70. The molecule has 0 aromatic rings. The number of rotatable bonds is 5. The minimum absolute atomic E-state index is 0. The summed E-state index contributed by atoms with van der Waals surface area (Å²) in [5.74, 6) is -0.0207. The normalized spacial score (nSPS) is 18.7. The van der Waals surface area contributed by atoms with Gasteiger partial charge in [-0.1, -0.05) is 0 Å². The molecule has 1 rings (SSSR count). The highest BCUT2D eigenvalue weighted by atomic mass is 35.5. The van der Waals surface area contributed by atoms with Crippen molar-refractivity contribution >= 4 is 24.2 Å². The Morgan fingerprint density at radius 3 is 2.69 bits per heavy atom. The van der Waals surface area contributed by atoms with E-state index in [1.54, 1.807) is 7.05 Å². The quantitative estimate of drug-likeness (QED) is 0.632. The van der Waals surface area contributed by atoms with E-state index in [2.05, 4.69) is 16.0 Å². The van der Waals surface area contributed by atoms with E-state index >= 15 is 0 Å². The summed E-state index contributed by atoms with van der Waals surface area (Å²) in [7, 11) is 1.59. The van der Waals surface area contributed by atoms with Crippen molar-refractivity contribution in [3.8, 4) is 0 Å². The molecule has 3 N–H and O–H groups in total. The van der Waals surface area contributed by atoms with Crippen LogP contribution in [0.15, 0.2) is 0 Å². The molecule has 1 unspecified atom stereocenters. The van der Waals surface area contributed by atoms with Gasteiger partial charge in [-0.2, -0.15) is 0 Å². The van der Waals surface area contributed by atoms with Gasteiger partial charge < -0.3 is 16.0 Å². The highest BCUT2D eigenvalue weighted by molar-refractivity contribution is 5.85. The van der Waals surface area contributed by atoms with Gasteiger partial charge in [0.25, 0.3) is 0 Å². The fraction of sp³-hybridized carbons (Fsp3) is 0.800. The molecule has 5 nitrogen and oxygen atoms in total. The lowest BCUT2D eigenvalue weighted by molar-refractivity contribution is -0.122. The second-order valence-corrected chi connectivity index (χ2v) is 3.77. The molecule has 0 saturated carbocycles. The Morgan fingerprint density at radius 2 is 2.12 bits per heavy atom. The van der Waals surface area contributed by atoms with Crippen LogP contribution in [0.1, 0.15) is 25.7 Å². The van der Waals surface area contributed by atoms with Gasteiger partial charge in [0.15, 0.2) is 0 Å². The number of carbonyl (C=O) groups excluding carboxylic acids is 2. The van der Waals surface area contributed by atoms with Crippen LogP contribution in [0.3, 0.4) is 0 Å². The summed E-state index contributed by atoms with van der Waals surface area (Å²) in [4.78, 5) is 22.2. The molecule has 0 aromatic carbocycles. The molecule has 0 spiro atoms. The zero-order valence-electron chi connectivity index (χ0n) is 9.54. The highest BCUT2D eigenvalue weighted by Gasteiger charge is 2.17. The van der Waals surface area contributed by atoms with Gasteiger partial charge in [0.05, 0.1) is 0 Å². The van der Waals surface area contributed by atoms with Crippen molar-refractivity contribution in [2.24, 2.45) is 0 Å². The van der Waals surface area contributed by atoms with E-state index in [-0.39, 0.29) is 24.2 Å². The number of carbonyl (C=O) groups is 2. The van der Waals surface area contributed by atoms with Crippen LogP contribution >= 0.6 is 12.4 Å². The van der Waals surface area contributed by atoms with E-state index in [4.69, 9.17) is 0 Å². The third kappa shape index (κ3) is 5.92. The van der Waals surface area contributed by atoms with Crippen molar-refractivity contribution in [3.63, 3.8) is 0 Å². The maximum atomic E-state index is 11.4. The average molecular weight is 250 g/mol. The smallest absolute Gasteiger partial charge is 0.221 e. The Labute approximate surface area is 102 Å². The van der Waals surface area contributed by atoms with Crippen LogP contribution in [-0.2, 0) is 9.59 Å². The maximum Gasteiger partial charge on any atom is 0.221 e. The van der Waals surface area contributed by atoms with Gasteiger partial charge in [0.1, 0.15) is 0 Å². The molecule has 1 aliphatic rings. The molecule has 2 amide bonds. The lowest BCUT2D eigenvalue weighted by atomic mass is 10.1. The topological polar surface area (TPSA) is 70.2 Å². The van der Waals surface area contributed by atoms with Crippen molar-refractivity contribution < 1.29 is 9.59 Å². The van der Waals surface area contributed by atoms with Crippen LogP contribution < -0.4 is 16.0 Å². The molecule has 1 atom stereocenters. The summed E-state index contributed by atoms with van der Waals surface area (Å²) in [5.41, 5.74) is 0. The summed E-state index contributed by atoms with van der Waals surface area (Å²) >= 11 is 0. The summed E-state index contributed by atoms with van der Waals surface area (Å²) in [6.07, 6.45) is 3.09. The first-order chi connectivity index (χ1) is 7.22. The van der Waals surface area contributed by atoms with Gasteiger partial charge in [-0.25, -0.2) is 0 Å². The molecule has 1 fully saturated rings. The van der Waals surface area contributed by atoms with Gasteiger partial charge in [-0.3, -0.25) is 9.59 Å². The van der Waals surface area contributed by atoms with Crippen LogP contribution in [0.2, 0.25) is 0 Å². The molecular weight excluding hydrogens is 230 g/mol. The van der Waals surface area contributed by atoms with E-state index in [9.17, 15) is 9.59 Å². The van der Waals surface area contributed by atoms with E-state index in [1.165, 1.54) is 0 Å². The second kappa shape index (κ2) is 8.35. The zero-order valence-corrected chi connectivity index (χ0v) is 10.4. The Hall–Kier alpha value is -0.810. The van der Waals surface area contributed by atoms with Crippen LogP contribution in [0, 0.1) is 0 Å². The van der Waals surface area contributed by atoms with E-state index in [0.717, 1.165) is 19.4 Å². The number of amides is 2. The Kier molecular flexibility index (Phi) is 7.93. The van der Waals surface area contributed by atoms with E-state index in [0.29, 0.717) is 25.4 Å². The SMILES string of the molecule is CNC(=O)CCNC(=O)CC1CCCN1.Cl. The van der Waals surface area contributed by atoms with Crippen molar-refractivity contribution in [2.75, 3.05) is 20.1 Å². The maximum absolute atomic E-state index is 11.4. The molecule has 0 radical (unpaired) electrons. The molecule has 0 aliphatic carbocycles. The van der Waals surface area contributed by atoms with Gasteiger partial charge in [0.2, 0.25) is 11.8 Å². The second-order valence-electron chi connectivity index (χ2n) is 3.77. The van der Waals surface area contributed by atoms with Crippen molar-refractivity contribution in [1.29, 1.82) is 0 Å². The van der Waals surface area contributed by atoms with Gasteiger partial charge in [-0.15, -0.1) is 12.4 Å². The minimum Gasteiger partial charge on any atom is -0.359 e. The third-order valence-corrected chi connectivity index (χ3v) is 2.55. The molecule has 0 aromatic heterocycles. The van der Waals surface area contributed by atoms with Gasteiger partial charge >= 0.3 is 0 Å². The highest BCUT2D eigenvalue weighted by Crippen LogP contribution is 2.07. The van der Waals surface area contributed by atoms with Gasteiger partial charge in [0, 0.05) is 32.5 Å². The number of hydrogen-bond donors (Lipinski definition) is 3. The largest absolute Gasteiger partial charge is 0.359 e. The lowest BCUT2D eigenvalue weighted by Gasteiger charge is -2.09. The van der Waals surface area contributed by atoms with Crippen LogP contribution in [0.5, 0.6) is 0 Å².